The summed E-state index contributed by atoms with van der Waals surface area (Å²) in [6, 6.07) is 10.8. The number of rotatable bonds is 3. The highest BCUT2D eigenvalue weighted by atomic mass is 35.5. The van der Waals surface area contributed by atoms with Crippen LogP contribution >= 0.6 is 11.6 Å². The zero-order chi connectivity index (χ0) is 13.4. The first-order valence-electron chi connectivity index (χ1n) is 6.15. The molecule has 1 N–H and O–H groups in total. The Balaban J connectivity index is 2.12. The largest absolute Gasteiger partial charge is 0.477 e. The van der Waals surface area contributed by atoms with E-state index in [0.29, 0.717) is 10.9 Å². The minimum atomic E-state index is -1.00. The van der Waals surface area contributed by atoms with E-state index >= 15 is 0 Å². The maximum atomic E-state index is 11.1. The molecule has 0 unspecified atom stereocenters. The topological polar surface area (TPSA) is 50.2 Å². The minimum Gasteiger partial charge on any atom is -0.477 e. The van der Waals surface area contributed by atoms with Crippen molar-refractivity contribution in [3.8, 4) is 11.3 Å². The van der Waals surface area contributed by atoms with Crippen LogP contribution in [0.4, 0.5) is 0 Å². The molecule has 3 nitrogen and oxygen atoms in total. The average molecular weight is 274 g/mol. The molecule has 3 rings (SSSR count). The lowest BCUT2D eigenvalue weighted by atomic mass is 10.0. The lowest BCUT2D eigenvalue weighted by molar-refractivity contribution is 0.0690. The summed E-state index contributed by atoms with van der Waals surface area (Å²) in [5, 5.41) is 9.72. The van der Waals surface area contributed by atoms with Gasteiger partial charge >= 0.3 is 5.97 Å². The predicted molar refractivity (Wildman–Crippen MR) is 73.6 cm³/mol. The van der Waals surface area contributed by atoms with Gasteiger partial charge in [-0.2, -0.15) is 0 Å². The second-order valence-electron chi connectivity index (χ2n) is 4.72. The molecule has 0 atom stereocenters. The summed E-state index contributed by atoms with van der Waals surface area (Å²) in [5.74, 6) is -0.487. The van der Waals surface area contributed by atoms with E-state index in [9.17, 15) is 4.79 Å². The molecule has 0 saturated heterocycles. The average Bonchev–Trinajstić information content (AvgIpc) is 3.23. The number of carboxylic acid groups (broad SMARTS) is 1. The van der Waals surface area contributed by atoms with Crippen molar-refractivity contribution < 1.29 is 9.90 Å². The first-order valence-corrected chi connectivity index (χ1v) is 6.53. The van der Waals surface area contributed by atoms with E-state index in [2.05, 4.69) is 4.98 Å². The molecule has 1 aliphatic carbocycles. The first kappa shape index (κ1) is 12.2. The molecule has 1 heterocycles. The van der Waals surface area contributed by atoms with Gasteiger partial charge in [0.15, 0.2) is 0 Å². The van der Waals surface area contributed by atoms with E-state index < -0.39 is 5.97 Å². The molecule has 1 aromatic carbocycles. The summed E-state index contributed by atoms with van der Waals surface area (Å²) in [4.78, 5) is 15.3. The molecule has 96 valence electrons. The fourth-order valence-electron chi connectivity index (χ4n) is 2.15. The number of pyridine rings is 1. The Kier molecular flexibility index (Phi) is 2.99. The van der Waals surface area contributed by atoms with Crippen LogP contribution in [0.5, 0.6) is 0 Å². The van der Waals surface area contributed by atoms with Gasteiger partial charge in [0, 0.05) is 10.6 Å². The molecule has 1 saturated carbocycles. The van der Waals surface area contributed by atoms with Crippen LogP contribution in [0.25, 0.3) is 11.3 Å². The Labute approximate surface area is 115 Å². The van der Waals surface area contributed by atoms with Gasteiger partial charge in [-0.1, -0.05) is 29.8 Å². The Morgan fingerprint density at radius 3 is 2.42 bits per heavy atom. The third-order valence-corrected chi connectivity index (χ3v) is 3.53. The quantitative estimate of drug-likeness (QED) is 0.920. The summed E-state index contributed by atoms with van der Waals surface area (Å²) in [5.41, 5.74) is 2.88. The van der Waals surface area contributed by atoms with Crippen molar-refractivity contribution in [1.82, 2.24) is 4.98 Å². The van der Waals surface area contributed by atoms with Crippen molar-refractivity contribution in [3.63, 3.8) is 0 Å². The summed E-state index contributed by atoms with van der Waals surface area (Å²) in [6.07, 6.45) is 2.30. The summed E-state index contributed by atoms with van der Waals surface area (Å²) >= 11 is 5.88. The van der Waals surface area contributed by atoms with Crippen LogP contribution in [0.2, 0.25) is 5.02 Å². The Morgan fingerprint density at radius 1 is 1.16 bits per heavy atom. The van der Waals surface area contributed by atoms with Crippen molar-refractivity contribution in [2.45, 2.75) is 18.8 Å². The predicted octanol–water partition coefficient (Wildman–Crippen LogP) is 3.98. The van der Waals surface area contributed by atoms with Gasteiger partial charge < -0.3 is 5.11 Å². The summed E-state index contributed by atoms with van der Waals surface area (Å²) < 4.78 is 0. The zero-order valence-electron chi connectivity index (χ0n) is 10.1. The number of aromatic carboxylic acids is 1. The Bertz CT molecular complexity index is 633. The lowest BCUT2D eigenvalue weighted by Crippen LogP contribution is -2.03. The Hall–Kier alpha value is -1.87. The number of carbonyl (C=O) groups is 1. The van der Waals surface area contributed by atoms with Gasteiger partial charge in [0.2, 0.25) is 0 Å². The summed E-state index contributed by atoms with van der Waals surface area (Å²) in [7, 11) is 0. The van der Waals surface area contributed by atoms with E-state index in [1.54, 1.807) is 18.2 Å². The van der Waals surface area contributed by atoms with Crippen LogP contribution in [0.1, 0.15) is 34.8 Å². The first-order chi connectivity index (χ1) is 9.15. The molecule has 0 radical (unpaired) electrons. The number of nitrogens with zero attached hydrogens (tertiary/aromatic N) is 1. The van der Waals surface area contributed by atoms with E-state index in [1.807, 2.05) is 18.2 Å². The van der Waals surface area contributed by atoms with Crippen LogP contribution in [0, 0.1) is 0 Å². The number of hydrogen-bond donors (Lipinski definition) is 1. The van der Waals surface area contributed by atoms with E-state index in [-0.39, 0.29) is 5.69 Å². The smallest absolute Gasteiger partial charge is 0.354 e. The minimum absolute atomic E-state index is 0.0781. The molecule has 0 spiro atoms. The van der Waals surface area contributed by atoms with Crippen LogP contribution in [0.3, 0.4) is 0 Å². The number of hydrogen-bond acceptors (Lipinski definition) is 2. The zero-order valence-corrected chi connectivity index (χ0v) is 10.9. The van der Waals surface area contributed by atoms with Gasteiger partial charge in [-0.25, -0.2) is 9.78 Å². The normalized spacial score (nSPS) is 14.4. The maximum absolute atomic E-state index is 11.1. The molecular formula is C15H12ClNO2. The van der Waals surface area contributed by atoms with Gasteiger partial charge in [0.05, 0.1) is 5.69 Å². The van der Waals surface area contributed by atoms with Crippen molar-refractivity contribution in [1.29, 1.82) is 0 Å². The highest BCUT2D eigenvalue weighted by Crippen LogP contribution is 2.43. The van der Waals surface area contributed by atoms with E-state index in [0.717, 1.165) is 29.7 Å². The number of carboxylic acids is 1. The molecule has 19 heavy (non-hydrogen) atoms. The molecule has 1 aromatic heterocycles. The number of benzene rings is 1. The van der Waals surface area contributed by atoms with Gasteiger partial charge in [-0.15, -0.1) is 0 Å². The van der Waals surface area contributed by atoms with Crippen LogP contribution < -0.4 is 0 Å². The van der Waals surface area contributed by atoms with Crippen molar-refractivity contribution in [2.24, 2.45) is 0 Å². The van der Waals surface area contributed by atoms with Crippen LogP contribution in [-0.4, -0.2) is 16.1 Å². The van der Waals surface area contributed by atoms with Crippen LogP contribution in [0.15, 0.2) is 36.4 Å². The standard InChI is InChI=1S/C15H12ClNO2/c16-11-5-3-10(4-6-11)14-12(9-1-2-9)7-8-13(17-14)15(18)19/h3-9H,1-2H2,(H,18,19). The van der Waals surface area contributed by atoms with Crippen molar-refractivity contribution >= 4 is 17.6 Å². The lowest BCUT2D eigenvalue weighted by Gasteiger charge is -2.09. The van der Waals surface area contributed by atoms with Gasteiger partial charge in [0.25, 0.3) is 0 Å². The second kappa shape index (κ2) is 4.67. The van der Waals surface area contributed by atoms with E-state index in [1.165, 1.54) is 0 Å². The van der Waals surface area contributed by atoms with Gasteiger partial charge in [-0.3, -0.25) is 0 Å². The fraction of sp³-hybridized carbons (Fsp3) is 0.200. The number of aromatic nitrogens is 1. The molecule has 1 fully saturated rings. The monoisotopic (exact) mass is 273 g/mol. The van der Waals surface area contributed by atoms with Crippen molar-refractivity contribution in [3.05, 3.63) is 52.7 Å². The molecule has 0 bridgehead atoms. The van der Waals surface area contributed by atoms with E-state index in [4.69, 9.17) is 16.7 Å². The third kappa shape index (κ3) is 2.47. The molecule has 4 heteroatoms. The number of halogens is 1. The molecule has 2 aromatic rings. The van der Waals surface area contributed by atoms with Gasteiger partial charge in [0.1, 0.15) is 5.69 Å². The fourth-order valence-corrected chi connectivity index (χ4v) is 2.28. The van der Waals surface area contributed by atoms with Crippen molar-refractivity contribution in [2.75, 3.05) is 0 Å². The highest BCUT2D eigenvalue weighted by molar-refractivity contribution is 6.30. The molecule has 0 aliphatic heterocycles. The second-order valence-corrected chi connectivity index (χ2v) is 5.16. The van der Waals surface area contributed by atoms with Gasteiger partial charge in [-0.05, 0) is 42.5 Å². The third-order valence-electron chi connectivity index (χ3n) is 3.28. The molecular weight excluding hydrogens is 262 g/mol. The Morgan fingerprint density at radius 2 is 1.84 bits per heavy atom. The summed E-state index contributed by atoms with van der Waals surface area (Å²) in [6.45, 7) is 0. The maximum Gasteiger partial charge on any atom is 0.354 e. The SMILES string of the molecule is O=C(O)c1ccc(C2CC2)c(-c2ccc(Cl)cc2)n1. The molecule has 0 amide bonds. The van der Waals surface area contributed by atoms with Crippen LogP contribution in [-0.2, 0) is 0 Å². The highest BCUT2D eigenvalue weighted by Gasteiger charge is 2.27. The molecule has 1 aliphatic rings.